The molecule has 132 valence electrons. The van der Waals surface area contributed by atoms with E-state index in [1.165, 1.54) is 11.1 Å². The molecule has 0 aromatic heterocycles. The standard InChI is InChI=1S/C20H34O3/c1-16(2)8-5-9-17(3)10-6-12-19(15-21)13-7-11-18(4)14-20(22)23/h8,10,13,18,21H,5-7,9,11-12,14-15H2,1-4H3,(H,22,23)/b17-10+,19-13-. The molecule has 23 heavy (non-hydrogen) atoms. The third-order valence-corrected chi connectivity index (χ3v) is 3.87. The fourth-order valence-corrected chi connectivity index (χ4v) is 2.41. The summed E-state index contributed by atoms with van der Waals surface area (Å²) < 4.78 is 0. The molecular weight excluding hydrogens is 288 g/mol. The monoisotopic (exact) mass is 322 g/mol. The van der Waals surface area contributed by atoms with Gasteiger partial charge in [-0.05, 0) is 70.8 Å². The van der Waals surface area contributed by atoms with Crippen LogP contribution in [0.4, 0.5) is 0 Å². The Kier molecular flexibility index (Phi) is 12.4. The number of aliphatic hydroxyl groups excluding tert-OH is 1. The van der Waals surface area contributed by atoms with Gasteiger partial charge in [0.05, 0.1) is 6.61 Å². The average molecular weight is 322 g/mol. The highest BCUT2D eigenvalue weighted by Crippen LogP contribution is 2.15. The minimum atomic E-state index is -0.738. The zero-order valence-electron chi connectivity index (χ0n) is 15.3. The second-order valence-electron chi connectivity index (χ2n) is 6.71. The highest BCUT2D eigenvalue weighted by molar-refractivity contribution is 5.66. The largest absolute Gasteiger partial charge is 0.481 e. The maximum absolute atomic E-state index is 10.6. The van der Waals surface area contributed by atoms with E-state index >= 15 is 0 Å². The number of aliphatic hydroxyl groups is 1. The summed E-state index contributed by atoms with van der Waals surface area (Å²) in [6, 6.07) is 0. The first-order valence-electron chi connectivity index (χ1n) is 8.64. The van der Waals surface area contributed by atoms with Gasteiger partial charge in [0, 0.05) is 6.42 Å². The molecule has 0 radical (unpaired) electrons. The van der Waals surface area contributed by atoms with Gasteiger partial charge in [0.25, 0.3) is 0 Å². The summed E-state index contributed by atoms with van der Waals surface area (Å²) in [4.78, 5) is 10.6. The van der Waals surface area contributed by atoms with Crippen LogP contribution in [0.2, 0.25) is 0 Å². The molecule has 1 unspecified atom stereocenters. The van der Waals surface area contributed by atoms with Crippen molar-refractivity contribution in [3.63, 3.8) is 0 Å². The van der Waals surface area contributed by atoms with Crippen molar-refractivity contribution in [3.05, 3.63) is 34.9 Å². The Morgan fingerprint density at radius 1 is 1.00 bits per heavy atom. The van der Waals surface area contributed by atoms with Gasteiger partial charge in [-0.3, -0.25) is 4.79 Å². The van der Waals surface area contributed by atoms with Crippen LogP contribution in [0.3, 0.4) is 0 Å². The van der Waals surface area contributed by atoms with Crippen LogP contribution in [0, 0.1) is 5.92 Å². The molecule has 0 aliphatic heterocycles. The van der Waals surface area contributed by atoms with Gasteiger partial charge in [0.2, 0.25) is 0 Å². The Labute approximate surface area is 141 Å². The van der Waals surface area contributed by atoms with E-state index in [9.17, 15) is 9.90 Å². The predicted octanol–water partition coefficient (Wildman–Crippen LogP) is 5.27. The lowest BCUT2D eigenvalue weighted by atomic mass is 10.00. The summed E-state index contributed by atoms with van der Waals surface area (Å²) in [5.41, 5.74) is 3.82. The minimum Gasteiger partial charge on any atom is -0.481 e. The lowest BCUT2D eigenvalue weighted by molar-refractivity contribution is -0.138. The molecule has 0 spiro atoms. The van der Waals surface area contributed by atoms with E-state index in [1.807, 2.05) is 6.92 Å². The van der Waals surface area contributed by atoms with Crippen molar-refractivity contribution in [2.24, 2.45) is 5.92 Å². The van der Waals surface area contributed by atoms with E-state index in [2.05, 4.69) is 39.0 Å². The van der Waals surface area contributed by atoms with Crippen LogP contribution in [0.15, 0.2) is 34.9 Å². The van der Waals surface area contributed by atoms with Crippen molar-refractivity contribution < 1.29 is 15.0 Å². The Bertz CT molecular complexity index is 426. The highest BCUT2D eigenvalue weighted by atomic mass is 16.4. The van der Waals surface area contributed by atoms with Crippen molar-refractivity contribution in [1.82, 2.24) is 0 Å². The van der Waals surface area contributed by atoms with Gasteiger partial charge in [-0.2, -0.15) is 0 Å². The topological polar surface area (TPSA) is 57.5 Å². The summed E-state index contributed by atoms with van der Waals surface area (Å²) in [5.74, 6) is -0.557. The first kappa shape index (κ1) is 21.6. The molecule has 0 aromatic carbocycles. The Balaban J connectivity index is 4.10. The van der Waals surface area contributed by atoms with E-state index in [0.29, 0.717) is 0 Å². The second-order valence-corrected chi connectivity index (χ2v) is 6.71. The predicted molar refractivity (Wildman–Crippen MR) is 97.5 cm³/mol. The summed E-state index contributed by atoms with van der Waals surface area (Å²) in [5, 5.41) is 18.1. The zero-order valence-corrected chi connectivity index (χ0v) is 15.3. The van der Waals surface area contributed by atoms with Crippen molar-refractivity contribution >= 4 is 5.97 Å². The summed E-state index contributed by atoms with van der Waals surface area (Å²) in [6.07, 6.45) is 12.5. The number of carboxylic acid groups (broad SMARTS) is 1. The van der Waals surface area contributed by atoms with Gasteiger partial charge < -0.3 is 10.2 Å². The number of hydrogen-bond acceptors (Lipinski definition) is 2. The van der Waals surface area contributed by atoms with Gasteiger partial charge in [-0.25, -0.2) is 0 Å². The van der Waals surface area contributed by atoms with Crippen LogP contribution in [-0.2, 0) is 4.79 Å². The van der Waals surface area contributed by atoms with E-state index < -0.39 is 5.97 Å². The van der Waals surface area contributed by atoms with Gasteiger partial charge in [0.1, 0.15) is 0 Å². The van der Waals surface area contributed by atoms with E-state index in [4.69, 9.17) is 5.11 Å². The third kappa shape index (κ3) is 14.0. The second kappa shape index (κ2) is 13.1. The number of allylic oxidation sites excluding steroid dienone is 5. The maximum Gasteiger partial charge on any atom is 0.303 e. The molecule has 0 rings (SSSR count). The number of carboxylic acids is 1. The lowest BCUT2D eigenvalue weighted by Crippen LogP contribution is -2.03. The van der Waals surface area contributed by atoms with Crippen LogP contribution >= 0.6 is 0 Å². The lowest BCUT2D eigenvalue weighted by Gasteiger charge is -2.07. The van der Waals surface area contributed by atoms with Gasteiger partial charge in [0.15, 0.2) is 0 Å². The van der Waals surface area contributed by atoms with Crippen molar-refractivity contribution in [2.75, 3.05) is 6.61 Å². The molecule has 0 aromatic rings. The SMILES string of the molecule is CC(C)=CCC/C(C)=C/CC/C(=C/CCC(C)CC(=O)O)CO. The van der Waals surface area contributed by atoms with Crippen LogP contribution in [0.5, 0.6) is 0 Å². The molecule has 2 N–H and O–H groups in total. The first-order valence-corrected chi connectivity index (χ1v) is 8.64. The molecule has 0 aliphatic carbocycles. The molecule has 0 aliphatic rings. The Morgan fingerprint density at radius 2 is 1.65 bits per heavy atom. The van der Waals surface area contributed by atoms with Crippen LogP contribution in [0.1, 0.15) is 72.6 Å². The Hall–Kier alpha value is -1.35. The molecule has 3 nitrogen and oxygen atoms in total. The van der Waals surface area contributed by atoms with E-state index in [1.54, 1.807) is 0 Å². The summed E-state index contributed by atoms with van der Waals surface area (Å²) in [7, 11) is 0. The molecule has 0 fully saturated rings. The van der Waals surface area contributed by atoms with Crippen LogP contribution in [0.25, 0.3) is 0 Å². The smallest absolute Gasteiger partial charge is 0.303 e. The van der Waals surface area contributed by atoms with Gasteiger partial charge in [-0.1, -0.05) is 36.3 Å². The molecular formula is C20H34O3. The molecule has 0 amide bonds. The van der Waals surface area contributed by atoms with Gasteiger partial charge >= 0.3 is 5.97 Å². The fraction of sp³-hybridized carbons (Fsp3) is 0.650. The molecule has 0 saturated heterocycles. The van der Waals surface area contributed by atoms with Crippen molar-refractivity contribution in [2.45, 2.75) is 72.6 Å². The fourth-order valence-electron chi connectivity index (χ4n) is 2.41. The summed E-state index contributed by atoms with van der Waals surface area (Å²) >= 11 is 0. The van der Waals surface area contributed by atoms with Crippen LogP contribution in [-0.4, -0.2) is 22.8 Å². The molecule has 1 atom stereocenters. The quantitative estimate of drug-likeness (QED) is 0.481. The van der Waals surface area contributed by atoms with E-state index in [-0.39, 0.29) is 18.9 Å². The molecule has 3 heteroatoms. The average Bonchev–Trinajstić information content (AvgIpc) is 2.44. The summed E-state index contributed by atoms with van der Waals surface area (Å²) in [6.45, 7) is 8.45. The number of aliphatic carboxylic acids is 1. The Morgan fingerprint density at radius 3 is 2.22 bits per heavy atom. The maximum atomic E-state index is 10.6. The number of carbonyl (C=O) groups is 1. The van der Waals surface area contributed by atoms with Crippen molar-refractivity contribution in [3.8, 4) is 0 Å². The highest BCUT2D eigenvalue weighted by Gasteiger charge is 2.06. The minimum absolute atomic E-state index is 0.0952. The first-order chi connectivity index (χ1) is 10.8. The van der Waals surface area contributed by atoms with Crippen LogP contribution < -0.4 is 0 Å². The third-order valence-electron chi connectivity index (χ3n) is 3.87. The van der Waals surface area contributed by atoms with E-state index in [0.717, 1.165) is 44.1 Å². The molecule has 0 heterocycles. The van der Waals surface area contributed by atoms with Gasteiger partial charge in [-0.15, -0.1) is 0 Å². The zero-order chi connectivity index (χ0) is 17.7. The molecule has 0 bridgehead atoms. The van der Waals surface area contributed by atoms with Crippen molar-refractivity contribution in [1.29, 1.82) is 0 Å². The molecule has 0 saturated carbocycles. The number of rotatable bonds is 12. The number of hydrogen-bond donors (Lipinski definition) is 2. The normalized spacial score (nSPS) is 13.8.